The molecule has 1 aromatic heterocycles. The van der Waals surface area contributed by atoms with Crippen LogP contribution in [0.2, 0.25) is 5.02 Å². The topological polar surface area (TPSA) is 115 Å². The van der Waals surface area contributed by atoms with E-state index in [0.29, 0.717) is 33.2 Å². The Hall–Kier alpha value is -5.80. The number of nitrogens with zero attached hydrogens (tertiary/aromatic N) is 3. The third-order valence-electron chi connectivity index (χ3n) is 7.35. The SMILES string of the molecule is Cc1c(Cl)cccc1N1C(=O)NC(=O)/C(=C/c2cc(-c3ccccc3)n(-c3ccc([N+](=O)[O-])cc3)c2-c2ccccc2)C1=O. The summed E-state index contributed by atoms with van der Waals surface area (Å²) in [6, 6.07) is 30.8. The lowest BCUT2D eigenvalue weighted by Crippen LogP contribution is -2.54. The molecular weight excluding hydrogens is 580 g/mol. The standard InChI is InChI=1S/C34H23ClN4O5/c1-21-28(35)13-8-14-29(21)38-33(41)27(32(40)36-34(38)42)19-24-20-30(22-9-4-2-5-10-22)37(31(24)23-11-6-3-7-12-23)25-15-17-26(18-16-25)39(43)44/h2-20H,1H3,(H,36,40,42)/b27-19-. The van der Waals surface area contributed by atoms with Gasteiger partial charge >= 0.3 is 6.03 Å². The van der Waals surface area contributed by atoms with Gasteiger partial charge in [-0.25, -0.2) is 9.69 Å². The molecule has 1 fully saturated rings. The zero-order valence-electron chi connectivity index (χ0n) is 23.2. The highest BCUT2D eigenvalue weighted by Crippen LogP contribution is 2.38. The van der Waals surface area contributed by atoms with Gasteiger partial charge in [-0.15, -0.1) is 0 Å². The minimum absolute atomic E-state index is 0.0590. The number of aromatic nitrogens is 1. The van der Waals surface area contributed by atoms with Crippen LogP contribution in [0.1, 0.15) is 11.1 Å². The van der Waals surface area contributed by atoms with Crippen LogP contribution in [-0.4, -0.2) is 27.3 Å². The molecular formula is C34H23ClN4O5. The number of benzene rings is 4. The second-order valence-corrected chi connectivity index (χ2v) is 10.4. The summed E-state index contributed by atoms with van der Waals surface area (Å²) in [4.78, 5) is 51.8. The van der Waals surface area contributed by atoms with Crippen LogP contribution in [-0.2, 0) is 9.59 Å². The van der Waals surface area contributed by atoms with E-state index in [1.165, 1.54) is 18.2 Å². The molecule has 5 aromatic rings. The predicted molar refractivity (Wildman–Crippen MR) is 168 cm³/mol. The number of halogens is 1. The second-order valence-electron chi connectivity index (χ2n) is 10.0. The first kappa shape index (κ1) is 28.3. The van der Waals surface area contributed by atoms with Crippen LogP contribution in [0, 0.1) is 17.0 Å². The van der Waals surface area contributed by atoms with Crippen LogP contribution in [0.3, 0.4) is 0 Å². The summed E-state index contributed by atoms with van der Waals surface area (Å²) in [5, 5.41) is 14.0. The lowest BCUT2D eigenvalue weighted by Gasteiger charge is -2.27. The van der Waals surface area contributed by atoms with Gasteiger partial charge in [0.15, 0.2) is 0 Å². The van der Waals surface area contributed by atoms with Gasteiger partial charge in [0.1, 0.15) is 5.57 Å². The van der Waals surface area contributed by atoms with Gasteiger partial charge in [0.05, 0.1) is 22.0 Å². The fourth-order valence-electron chi connectivity index (χ4n) is 5.21. The second kappa shape index (κ2) is 11.5. The van der Waals surface area contributed by atoms with E-state index in [1.54, 1.807) is 37.3 Å². The van der Waals surface area contributed by atoms with Gasteiger partial charge in [0.2, 0.25) is 0 Å². The van der Waals surface area contributed by atoms with Crippen LogP contribution in [0.4, 0.5) is 16.2 Å². The number of nitro groups is 1. The van der Waals surface area contributed by atoms with E-state index in [-0.39, 0.29) is 16.9 Å². The highest BCUT2D eigenvalue weighted by molar-refractivity contribution is 6.40. The molecule has 2 heterocycles. The highest BCUT2D eigenvalue weighted by Gasteiger charge is 2.38. The van der Waals surface area contributed by atoms with Crippen molar-refractivity contribution in [1.29, 1.82) is 0 Å². The molecule has 1 aliphatic heterocycles. The molecule has 1 saturated heterocycles. The molecule has 6 rings (SSSR count). The number of hydrogen-bond acceptors (Lipinski definition) is 5. The first-order chi connectivity index (χ1) is 21.2. The zero-order chi connectivity index (χ0) is 31.0. The molecule has 0 aliphatic carbocycles. The van der Waals surface area contributed by atoms with Crippen molar-refractivity contribution in [3.8, 4) is 28.2 Å². The molecule has 9 nitrogen and oxygen atoms in total. The van der Waals surface area contributed by atoms with Crippen LogP contribution >= 0.6 is 11.6 Å². The maximum atomic E-state index is 13.9. The van der Waals surface area contributed by atoms with Crippen LogP contribution in [0.15, 0.2) is 115 Å². The molecule has 0 spiro atoms. The lowest BCUT2D eigenvalue weighted by atomic mass is 10.0. The van der Waals surface area contributed by atoms with E-state index >= 15 is 0 Å². The molecule has 44 heavy (non-hydrogen) atoms. The highest BCUT2D eigenvalue weighted by atomic mass is 35.5. The minimum Gasteiger partial charge on any atom is -0.309 e. The summed E-state index contributed by atoms with van der Waals surface area (Å²) in [7, 11) is 0. The number of rotatable bonds is 6. The van der Waals surface area contributed by atoms with Gasteiger partial charge in [-0.3, -0.25) is 25.0 Å². The minimum atomic E-state index is -0.876. The Bertz CT molecular complexity index is 1980. The van der Waals surface area contributed by atoms with Gasteiger partial charge in [-0.05, 0) is 60.0 Å². The van der Waals surface area contributed by atoms with E-state index in [0.717, 1.165) is 16.0 Å². The van der Waals surface area contributed by atoms with Crippen molar-refractivity contribution in [1.82, 2.24) is 9.88 Å². The first-order valence-electron chi connectivity index (χ1n) is 13.5. The van der Waals surface area contributed by atoms with Crippen molar-refractivity contribution < 1.29 is 19.3 Å². The van der Waals surface area contributed by atoms with Gasteiger partial charge in [-0.2, -0.15) is 0 Å². The van der Waals surface area contributed by atoms with E-state index in [1.807, 2.05) is 71.3 Å². The smallest absolute Gasteiger partial charge is 0.309 e. The number of carbonyl (C=O) groups excluding carboxylic acids is 3. The molecule has 1 N–H and O–H groups in total. The molecule has 10 heteroatoms. The number of nitro benzene ring substituents is 1. The van der Waals surface area contributed by atoms with Gasteiger partial charge in [0.25, 0.3) is 17.5 Å². The fraction of sp³-hybridized carbons (Fsp3) is 0.0294. The number of carbonyl (C=O) groups is 3. The number of amides is 4. The molecule has 0 saturated carbocycles. The molecule has 0 atom stereocenters. The van der Waals surface area contributed by atoms with E-state index in [2.05, 4.69) is 5.32 Å². The maximum absolute atomic E-state index is 13.9. The first-order valence-corrected chi connectivity index (χ1v) is 13.9. The Labute approximate surface area is 256 Å². The van der Waals surface area contributed by atoms with Crippen LogP contribution in [0.5, 0.6) is 0 Å². The molecule has 0 bridgehead atoms. The van der Waals surface area contributed by atoms with Crippen LogP contribution < -0.4 is 10.2 Å². The van der Waals surface area contributed by atoms with E-state index in [4.69, 9.17) is 11.6 Å². The van der Waals surface area contributed by atoms with Gasteiger partial charge < -0.3 is 4.57 Å². The Kier molecular flexibility index (Phi) is 7.38. The van der Waals surface area contributed by atoms with E-state index in [9.17, 15) is 24.5 Å². The number of hydrogen-bond donors (Lipinski definition) is 1. The maximum Gasteiger partial charge on any atom is 0.335 e. The molecule has 1 aliphatic rings. The van der Waals surface area contributed by atoms with Crippen molar-refractivity contribution in [3.63, 3.8) is 0 Å². The third-order valence-corrected chi connectivity index (χ3v) is 7.76. The van der Waals surface area contributed by atoms with Crippen LogP contribution in [0.25, 0.3) is 34.3 Å². The van der Waals surface area contributed by atoms with Crippen molar-refractivity contribution in [2.75, 3.05) is 4.90 Å². The molecule has 4 aromatic carbocycles. The number of anilines is 1. The third kappa shape index (κ3) is 5.05. The monoisotopic (exact) mass is 602 g/mol. The quantitative estimate of drug-likeness (QED) is 0.0944. The fourth-order valence-corrected chi connectivity index (χ4v) is 5.38. The van der Waals surface area contributed by atoms with E-state index < -0.39 is 22.8 Å². The molecule has 216 valence electrons. The predicted octanol–water partition coefficient (Wildman–Crippen LogP) is 7.35. The van der Waals surface area contributed by atoms with Crippen molar-refractivity contribution in [2.45, 2.75) is 6.92 Å². The number of nitrogens with one attached hydrogen (secondary N) is 1. The largest absolute Gasteiger partial charge is 0.335 e. The number of urea groups is 1. The Morgan fingerprint density at radius 1 is 0.818 bits per heavy atom. The average Bonchev–Trinajstić information content (AvgIpc) is 3.41. The zero-order valence-corrected chi connectivity index (χ0v) is 24.0. The van der Waals surface area contributed by atoms with Gasteiger partial charge in [0, 0.05) is 28.4 Å². The van der Waals surface area contributed by atoms with Gasteiger partial charge in [-0.1, -0.05) is 78.3 Å². The van der Waals surface area contributed by atoms with Crippen molar-refractivity contribution in [3.05, 3.63) is 141 Å². The summed E-state index contributed by atoms with van der Waals surface area (Å²) in [5.74, 6) is -1.63. The number of non-ortho nitro benzene ring substituents is 1. The van der Waals surface area contributed by atoms with Crippen molar-refractivity contribution >= 4 is 46.9 Å². The average molecular weight is 603 g/mol. The Morgan fingerprint density at radius 3 is 2.09 bits per heavy atom. The summed E-state index contributed by atoms with van der Waals surface area (Å²) < 4.78 is 1.93. The molecule has 4 amide bonds. The Morgan fingerprint density at radius 2 is 1.45 bits per heavy atom. The lowest BCUT2D eigenvalue weighted by molar-refractivity contribution is -0.384. The molecule has 0 unspecified atom stereocenters. The Balaban J connectivity index is 1.60. The summed E-state index contributed by atoms with van der Waals surface area (Å²) in [6.45, 7) is 1.68. The summed E-state index contributed by atoms with van der Waals surface area (Å²) in [6.07, 6.45) is 1.47. The number of imide groups is 2. The summed E-state index contributed by atoms with van der Waals surface area (Å²) in [5.41, 5.74) is 4.55. The summed E-state index contributed by atoms with van der Waals surface area (Å²) >= 11 is 6.28. The normalized spacial score (nSPS) is 14.2. The number of barbiturate groups is 1. The van der Waals surface area contributed by atoms with Crippen molar-refractivity contribution in [2.24, 2.45) is 0 Å². The molecule has 0 radical (unpaired) electrons.